The summed E-state index contributed by atoms with van der Waals surface area (Å²) in [6, 6.07) is -0.936. The smallest absolute Gasteiger partial charge is 0.367 e. The van der Waals surface area contributed by atoms with Crippen LogP contribution in [0.25, 0.3) is 0 Å². The fourth-order valence-electron chi connectivity index (χ4n) is 1.04. The van der Waals surface area contributed by atoms with E-state index in [-0.39, 0.29) is 6.61 Å². The normalized spacial score (nSPS) is 22.2. The zero-order valence-electron chi connectivity index (χ0n) is 8.52. The van der Waals surface area contributed by atoms with Crippen LogP contribution in [0.15, 0.2) is 0 Å². The maximum absolute atomic E-state index is 12.6. The lowest BCUT2D eigenvalue weighted by atomic mass is 10.3. The Balaban J connectivity index is 2.47. The number of carbonyl (C=O) groups is 1. The van der Waals surface area contributed by atoms with Crippen LogP contribution in [0.5, 0.6) is 0 Å². The average Bonchev–Trinajstić information content (AvgIpc) is 2.25. The summed E-state index contributed by atoms with van der Waals surface area (Å²) in [6.45, 7) is -1.14. The lowest BCUT2D eigenvalue weighted by Crippen LogP contribution is -2.48. The molecule has 1 rings (SSSR count). The highest BCUT2D eigenvalue weighted by molar-refractivity contribution is 7.86. The maximum atomic E-state index is 12.6. The van der Waals surface area contributed by atoms with Gasteiger partial charge in [0, 0.05) is 6.54 Å². The number of alkyl halides is 2. The monoisotopic (exact) mass is 274 g/mol. The van der Waals surface area contributed by atoms with Crippen LogP contribution in [-0.2, 0) is 24.4 Å². The van der Waals surface area contributed by atoms with Gasteiger partial charge in [-0.15, -0.1) is 0 Å². The topological polar surface area (TPSA) is 105 Å². The molecule has 0 saturated carbocycles. The minimum Gasteiger partial charge on any atom is -0.743 e. The Morgan fingerprint density at radius 2 is 2.24 bits per heavy atom. The Bertz CT molecular complexity index is 378. The highest BCUT2D eigenvalue weighted by Crippen LogP contribution is 2.20. The van der Waals surface area contributed by atoms with Crippen LogP contribution in [0.2, 0.25) is 0 Å². The van der Waals surface area contributed by atoms with Gasteiger partial charge < -0.3 is 19.3 Å². The fraction of sp³-hybridized carbons (Fsp3) is 0.857. The lowest BCUT2D eigenvalue weighted by molar-refractivity contribution is -0.155. The predicted octanol–water partition coefficient (Wildman–Crippen LogP) is -1.34. The number of nitrogens with one attached hydrogen (secondary N) is 1. The van der Waals surface area contributed by atoms with E-state index in [9.17, 15) is 26.5 Å². The van der Waals surface area contributed by atoms with Crippen LogP contribution < -0.4 is 5.32 Å². The van der Waals surface area contributed by atoms with Crippen molar-refractivity contribution in [3.63, 3.8) is 0 Å². The summed E-state index contributed by atoms with van der Waals surface area (Å²) >= 11 is 0. The largest absolute Gasteiger partial charge is 0.743 e. The molecule has 0 bridgehead atoms. The van der Waals surface area contributed by atoms with Crippen LogP contribution in [0.4, 0.5) is 8.78 Å². The molecule has 1 aliphatic heterocycles. The van der Waals surface area contributed by atoms with Gasteiger partial charge in [0.1, 0.15) is 6.04 Å². The molecule has 1 unspecified atom stereocenters. The zero-order valence-corrected chi connectivity index (χ0v) is 9.34. The van der Waals surface area contributed by atoms with Crippen LogP contribution in [-0.4, -0.2) is 56.6 Å². The first kappa shape index (κ1) is 14.2. The Hall–Kier alpha value is -0.840. The van der Waals surface area contributed by atoms with E-state index in [1.54, 1.807) is 0 Å². The molecule has 10 heteroatoms. The molecule has 1 atom stereocenters. The number of ether oxygens (including phenoxy) is 2. The van der Waals surface area contributed by atoms with E-state index in [1.807, 2.05) is 0 Å². The van der Waals surface area contributed by atoms with Gasteiger partial charge in [0.15, 0.2) is 16.7 Å². The number of carbonyl (C=O) groups excluding carboxylic acids is 1. The van der Waals surface area contributed by atoms with Crippen molar-refractivity contribution >= 4 is 16.1 Å². The third-order valence-electron chi connectivity index (χ3n) is 1.95. The van der Waals surface area contributed by atoms with Crippen molar-refractivity contribution in [2.75, 3.05) is 26.4 Å². The number of hydrogen-bond donors (Lipinski definition) is 1. The van der Waals surface area contributed by atoms with Gasteiger partial charge in [-0.1, -0.05) is 0 Å². The standard InChI is InChI=1S/C7H11F2NO6S/c8-7(9,17(12,13)14)4-16-6(11)5-3-15-2-1-10-5/h5,10H,1-4H2,(H,12,13,14)/p-1. The number of esters is 1. The first-order chi connectivity index (χ1) is 7.74. The second-order valence-corrected chi connectivity index (χ2v) is 4.79. The highest BCUT2D eigenvalue weighted by atomic mass is 32.2. The average molecular weight is 274 g/mol. The van der Waals surface area contributed by atoms with E-state index in [2.05, 4.69) is 10.1 Å². The van der Waals surface area contributed by atoms with Gasteiger partial charge in [-0.2, -0.15) is 8.78 Å². The van der Waals surface area contributed by atoms with Gasteiger partial charge in [0.05, 0.1) is 13.2 Å². The first-order valence-corrected chi connectivity index (χ1v) is 5.96. The Labute approximate surface area is 95.8 Å². The minimum atomic E-state index is -5.84. The number of rotatable bonds is 4. The summed E-state index contributed by atoms with van der Waals surface area (Å²) in [5, 5.41) is -2.00. The van der Waals surface area contributed by atoms with Gasteiger partial charge in [-0.3, -0.25) is 4.79 Å². The van der Waals surface area contributed by atoms with Crippen LogP contribution in [0, 0.1) is 0 Å². The first-order valence-electron chi connectivity index (χ1n) is 4.55. The predicted molar refractivity (Wildman–Crippen MR) is 48.2 cm³/mol. The summed E-state index contributed by atoms with van der Waals surface area (Å²) in [6.07, 6.45) is 0. The van der Waals surface area contributed by atoms with Crippen molar-refractivity contribution in [2.45, 2.75) is 11.3 Å². The Morgan fingerprint density at radius 1 is 1.59 bits per heavy atom. The van der Waals surface area contributed by atoms with Crippen molar-refractivity contribution in [3.8, 4) is 0 Å². The van der Waals surface area contributed by atoms with Crippen molar-refractivity contribution in [2.24, 2.45) is 0 Å². The van der Waals surface area contributed by atoms with Gasteiger partial charge in [-0.25, -0.2) is 8.42 Å². The molecule has 1 saturated heterocycles. The zero-order chi connectivity index (χ0) is 13.1. The van der Waals surface area contributed by atoms with E-state index in [0.29, 0.717) is 13.2 Å². The van der Waals surface area contributed by atoms with Crippen LogP contribution in [0.1, 0.15) is 0 Å². The molecule has 0 aromatic heterocycles. The molecular weight excluding hydrogens is 264 g/mol. The molecule has 100 valence electrons. The Morgan fingerprint density at radius 3 is 2.71 bits per heavy atom. The second kappa shape index (κ2) is 5.21. The molecule has 0 amide bonds. The van der Waals surface area contributed by atoms with Gasteiger partial charge in [0.2, 0.25) is 0 Å². The van der Waals surface area contributed by atoms with Gasteiger partial charge in [0.25, 0.3) is 0 Å². The molecule has 0 aliphatic carbocycles. The molecule has 0 aromatic rings. The minimum absolute atomic E-state index is 0.0610. The molecule has 17 heavy (non-hydrogen) atoms. The lowest BCUT2D eigenvalue weighted by Gasteiger charge is -2.24. The number of halogens is 2. The van der Waals surface area contributed by atoms with Crippen molar-refractivity contribution < 1.29 is 36.0 Å². The van der Waals surface area contributed by atoms with E-state index >= 15 is 0 Å². The van der Waals surface area contributed by atoms with Gasteiger partial charge in [-0.05, 0) is 0 Å². The molecule has 1 N–H and O–H groups in total. The summed E-state index contributed by atoms with van der Waals surface area (Å²) < 4.78 is 64.5. The highest BCUT2D eigenvalue weighted by Gasteiger charge is 2.40. The second-order valence-electron chi connectivity index (χ2n) is 3.28. The molecule has 1 heterocycles. The third kappa shape index (κ3) is 3.84. The van der Waals surface area contributed by atoms with Crippen molar-refractivity contribution in [1.29, 1.82) is 0 Å². The molecule has 7 nitrogen and oxygen atoms in total. The van der Waals surface area contributed by atoms with E-state index in [1.165, 1.54) is 0 Å². The summed E-state index contributed by atoms with van der Waals surface area (Å²) in [7, 11) is -5.84. The van der Waals surface area contributed by atoms with E-state index in [4.69, 9.17) is 4.74 Å². The quantitative estimate of drug-likeness (QED) is 0.499. The van der Waals surface area contributed by atoms with Crippen molar-refractivity contribution in [3.05, 3.63) is 0 Å². The summed E-state index contributed by atoms with van der Waals surface area (Å²) in [4.78, 5) is 11.2. The van der Waals surface area contributed by atoms with Crippen LogP contribution >= 0.6 is 0 Å². The van der Waals surface area contributed by atoms with Gasteiger partial charge >= 0.3 is 11.2 Å². The molecular formula is C7H10F2NO6S-. The molecule has 0 radical (unpaired) electrons. The summed E-state index contributed by atoms with van der Waals surface area (Å²) in [5.41, 5.74) is 0. The fourth-order valence-corrected chi connectivity index (χ4v) is 1.25. The van der Waals surface area contributed by atoms with E-state index in [0.717, 1.165) is 0 Å². The van der Waals surface area contributed by atoms with Crippen LogP contribution in [0.3, 0.4) is 0 Å². The molecule has 1 aliphatic rings. The van der Waals surface area contributed by atoms with E-state index < -0.39 is 34.0 Å². The number of morpholine rings is 1. The SMILES string of the molecule is O=C(OCC(F)(F)S(=O)(=O)[O-])C1COCCN1. The molecule has 0 spiro atoms. The maximum Gasteiger partial charge on any atom is 0.367 e. The third-order valence-corrected chi connectivity index (χ3v) is 2.80. The molecule has 1 fully saturated rings. The Kier molecular flexibility index (Phi) is 4.36. The molecule has 0 aromatic carbocycles. The van der Waals surface area contributed by atoms with Crippen molar-refractivity contribution in [1.82, 2.24) is 5.32 Å². The summed E-state index contributed by atoms with van der Waals surface area (Å²) in [5.74, 6) is -1.09. The number of hydrogen-bond acceptors (Lipinski definition) is 7.